The number of carbonyl (C=O) groups excluding carboxylic acids is 3. The lowest BCUT2D eigenvalue weighted by atomic mass is 9.67. The molecule has 2 fully saturated rings. The standard InChI is InChI=1S/C24H23FN4O5/c25-17-7-5-15(6-8-17)14-28-22(31)24(21(30)26-23(28)32)13-16-12-18(29(33)34)9-10-19(16)27-11-3-1-2-4-20(24)27/h5-10,12,20H,1-4,11,13-14H2,(H,26,30,32)/t20-,24-/m1/s1. The van der Waals surface area contributed by atoms with Gasteiger partial charge in [-0.2, -0.15) is 0 Å². The van der Waals surface area contributed by atoms with Crippen LogP contribution in [-0.4, -0.2) is 40.3 Å². The topological polar surface area (TPSA) is 113 Å². The van der Waals surface area contributed by atoms with Crippen LogP contribution in [-0.2, 0) is 22.6 Å². The van der Waals surface area contributed by atoms with Gasteiger partial charge in [-0.15, -0.1) is 0 Å². The van der Waals surface area contributed by atoms with E-state index in [1.54, 1.807) is 6.07 Å². The summed E-state index contributed by atoms with van der Waals surface area (Å²) in [5.74, 6) is -1.74. The molecule has 0 bridgehead atoms. The van der Waals surface area contributed by atoms with E-state index in [0.29, 0.717) is 24.1 Å². The van der Waals surface area contributed by atoms with Crippen LogP contribution in [0.4, 0.5) is 20.6 Å². The van der Waals surface area contributed by atoms with Crippen molar-refractivity contribution >= 4 is 29.2 Å². The monoisotopic (exact) mass is 466 g/mol. The SMILES string of the molecule is O=C1NC(=O)[C@]2(Cc3cc([N+](=O)[O-])ccc3N3CCCCC[C@@H]32)C(=O)N1Cc1ccc(F)cc1. The van der Waals surface area contributed by atoms with Gasteiger partial charge >= 0.3 is 6.03 Å². The number of carbonyl (C=O) groups is 3. The zero-order valence-corrected chi connectivity index (χ0v) is 18.3. The van der Waals surface area contributed by atoms with Crippen molar-refractivity contribution in [1.29, 1.82) is 0 Å². The van der Waals surface area contributed by atoms with Crippen molar-refractivity contribution in [2.45, 2.75) is 44.7 Å². The minimum absolute atomic E-state index is 0.0386. The number of rotatable bonds is 3. The van der Waals surface area contributed by atoms with Gasteiger partial charge in [0.1, 0.15) is 5.82 Å². The van der Waals surface area contributed by atoms with Gasteiger partial charge < -0.3 is 4.90 Å². The van der Waals surface area contributed by atoms with Gasteiger partial charge in [-0.05, 0) is 42.2 Å². The Morgan fingerprint density at radius 2 is 1.85 bits per heavy atom. The zero-order valence-electron chi connectivity index (χ0n) is 18.3. The van der Waals surface area contributed by atoms with Crippen LogP contribution in [0.25, 0.3) is 0 Å². The number of nitro groups is 1. The van der Waals surface area contributed by atoms with E-state index in [9.17, 15) is 28.9 Å². The fourth-order valence-electron chi connectivity index (χ4n) is 5.51. The molecule has 0 unspecified atom stereocenters. The Morgan fingerprint density at radius 3 is 2.59 bits per heavy atom. The molecule has 0 saturated carbocycles. The fraction of sp³-hybridized carbons (Fsp3) is 0.375. The predicted octanol–water partition coefficient (Wildman–Crippen LogP) is 3.30. The number of imide groups is 2. The number of non-ortho nitro benzene ring substituents is 1. The summed E-state index contributed by atoms with van der Waals surface area (Å²) in [5.41, 5.74) is 0.141. The first-order valence-corrected chi connectivity index (χ1v) is 11.3. The van der Waals surface area contributed by atoms with Crippen LogP contribution in [0.15, 0.2) is 42.5 Å². The third-order valence-corrected chi connectivity index (χ3v) is 7.13. The number of halogens is 1. The molecule has 34 heavy (non-hydrogen) atoms. The van der Waals surface area contributed by atoms with Crippen LogP contribution in [0.3, 0.4) is 0 Å². The first-order chi connectivity index (χ1) is 16.3. The first kappa shape index (κ1) is 22.0. The van der Waals surface area contributed by atoms with Gasteiger partial charge in [0.05, 0.1) is 17.5 Å². The number of barbiturate groups is 1. The molecule has 3 aliphatic rings. The Kier molecular flexibility index (Phi) is 5.30. The third-order valence-electron chi connectivity index (χ3n) is 7.13. The maximum absolute atomic E-state index is 14.0. The summed E-state index contributed by atoms with van der Waals surface area (Å²) >= 11 is 0. The van der Waals surface area contributed by atoms with E-state index >= 15 is 0 Å². The number of benzene rings is 2. The van der Waals surface area contributed by atoms with Crippen LogP contribution < -0.4 is 10.2 Å². The van der Waals surface area contributed by atoms with Gasteiger partial charge in [0.25, 0.3) is 5.69 Å². The smallest absolute Gasteiger partial charge is 0.331 e. The van der Waals surface area contributed by atoms with Crippen molar-refractivity contribution in [3.05, 3.63) is 69.5 Å². The number of hydrogen-bond acceptors (Lipinski definition) is 6. The Morgan fingerprint density at radius 1 is 1.09 bits per heavy atom. The minimum atomic E-state index is -1.60. The summed E-state index contributed by atoms with van der Waals surface area (Å²) in [5, 5.41) is 13.8. The molecule has 1 spiro atoms. The van der Waals surface area contributed by atoms with Crippen molar-refractivity contribution in [3.63, 3.8) is 0 Å². The molecule has 2 aromatic carbocycles. The highest BCUT2D eigenvalue weighted by atomic mass is 19.1. The van der Waals surface area contributed by atoms with Crippen LogP contribution in [0.1, 0.15) is 36.8 Å². The number of anilines is 1. The summed E-state index contributed by atoms with van der Waals surface area (Å²) in [4.78, 5) is 54.1. The van der Waals surface area contributed by atoms with Crippen LogP contribution >= 0.6 is 0 Å². The number of nitrogens with zero attached hydrogens (tertiary/aromatic N) is 3. The van der Waals surface area contributed by atoms with E-state index in [1.807, 2.05) is 4.90 Å². The average molecular weight is 466 g/mol. The minimum Gasteiger partial charge on any atom is -0.367 e. The van der Waals surface area contributed by atoms with E-state index in [1.165, 1.54) is 36.4 Å². The van der Waals surface area contributed by atoms with Crippen molar-refractivity contribution in [2.75, 3.05) is 11.4 Å². The summed E-state index contributed by atoms with van der Waals surface area (Å²) in [7, 11) is 0. The number of hydrogen-bond donors (Lipinski definition) is 1. The fourth-order valence-corrected chi connectivity index (χ4v) is 5.51. The maximum atomic E-state index is 14.0. The third kappa shape index (κ3) is 3.41. The molecule has 0 aliphatic carbocycles. The molecule has 2 aromatic rings. The Balaban J connectivity index is 1.61. The lowest BCUT2D eigenvalue weighted by Crippen LogP contribution is -2.71. The maximum Gasteiger partial charge on any atom is 0.331 e. The number of fused-ring (bicyclic) bond motifs is 4. The largest absolute Gasteiger partial charge is 0.367 e. The van der Waals surface area contributed by atoms with Gasteiger partial charge in [-0.3, -0.25) is 29.9 Å². The summed E-state index contributed by atoms with van der Waals surface area (Å²) < 4.78 is 13.4. The van der Waals surface area contributed by atoms with Crippen molar-refractivity contribution in [2.24, 2.45) is 5.41 Å². The van der Waals surface area contributed by atoms with Crippen LogP contribution in [0, 0.1) is 21.3 Å². The predicted molar refractivity (Wildman–Crippen MR) is 119 cm³/mol. The van der Waals surface area contributed by atoms with Crippen molar-refractivity contribution in [1.82, 2.24) is 10.2 Å². The highest BCUT2D eigenvalue weighted by Crippen LogP contribution is 2.48. The van der Waals surface area contributed by atoms with Crippen molar-refractivity contribution in [3.8, 4) is 0 Å². The molecule has 176 valence electrons. The summed E-state index contributed by atoms with van der Waals surface area (Å²) in [6.45, 7) is 0.484. The zero-order chi connectivity index (χ0) is 24.0. The molecule has 0 aromatic heterocycles. The molecule has 1 N–H and O–H groups in total. The molecule has 5 rings (SSSR count). The molecule has 4 amide bonds. The van der Waals surface area contributed by atoms with Gasteiger partial charge in [-0.25, -0.2) is 9.18 Å². The first-order valence-electron chi connectivity index (χ1n) is 11.3. The lowest BCUT2D eigenvalue weighted by Gasteiger charge is -2.51. The van der Waals surface area contributed by atoms with Gasteiger partial charge in [0.15, 0.2) is 5.41 Å². The second-order valence-corrected chi connectivity index (χ2v) is 9.05. The molecule has 9 nitrogen and oxygen atoms in total. The van der Waals surface area contributed by atoms with Gasteiger partial charge in [-0.1, -0.05) is 25.0 Å². The van der Waals surface area contributed by atoms with E-state index in [4.69, 9.17) is 0 Å². The average Bonchev–Trinajstić information content (AvgIpc) is 3.08. The number of nitro benzene ring substituents is 1. The molecular weight excluding hydrogens is 443 g/mol. The lowest BCUT2D eigenvalue weighted by molar-refractivity contribution is -0.384. The molecule has 10 heteroatoms. The number of amides is 4. The van der Waals surface area contributed by atoms with E-state index in [0.717, 1.165) is 29.8 Å². The molecular formula is C24H23FN4O5. The second-order valence-electron chi connectivity index (χ2n) is 9.05. The van der Waals surface area contributed by atoms with E-state index in [2.05, 4.69) is 5.32 Å². The molecule has 0 radical (unpaired) electrons. The second kappa shape index (κ2) is 8.19. The molecule has 2 atom stereocenters. The Hall–Kier alpha value is -3.82. The van der Waals surface area contributed by atoms with Gasteiger partial charge in [0.2, 0.25) is 11.8 Å². The van der Waals surface area contributed by atoms with Crippen molar-refractivity contribution < 1.29 is 23.7 Å². The van der Waals surface area contributed by atoms with E-state index in [-0.39, 0.29) is 18.7 Å². The summed E-state index contributed by atoms with van der Waals surface area (Å²) in [6, 6.07) is 8.68. The Bertz CT molecular complexity index is 1200. The highest BCUT2D eigenvalue weighted by Gasteiger charge is 2.61. The molecule has 3 heterocycles. The number of urea groups is 1. The highest BCUT2D eigenvalue weighted by molar-refractivity contribution is 6.20. The van der Waals surface area contributed by atoms with E-state index < -0.39 is 40.0 Å². The van der Waals surface area contributed by atoms with Crippen LogP contribution in [0.5, 0.6) is 0 Å². The normalized spacial score (nSPS) is 24.4. The number of nitrogens with one attached hydrogen (secondary N) is 1. The molecule has 2 saturated heterocycles. The summed E-state index contributed by atoms with van der Waals surface area (Å²) in [6.07, 6.45) is 3.14. The molecule has 3 aliphatic heterocycles. The quantitative estimate of drug-likeness (QED) is 0.422. The van der Waals surface area contributed by atoms with Crippen LogP contribution in [0.2, 0.25) is 0 Å². The Labute approximate surface area is 194 Å². The van der Waals surface area contributed by atoms with Gasteiger partial charge in [0, 0.05) is 30.8 Å².